The highest BCUT2D eigenvalue weighted by molar-refractivity contribution is 7.98. The molecule has 0 saturated heterocycles. The third kappa shape index (κ3) is 3.90. The van der Waals surface area contributed by atoms with E-state index in [0.29, 0.717) is 27.9 Å². The van der Waals surface area contributed by atoms with Crippen molar-refractivity contribution >= 4 is 23.5 Å². The Kier molecular flexibility index (Phi) is 5.09. The zero-order chi connectivity index (χ0) is 19.8. The number of fused-ring (bicyclic) bond motifs is 1. The Bertz CT molecular complexity index is 1020. The maximum atomic E-state index is 13.0. The number of halogens is 3. The molecule has 27 heavy (non-hydrogen) atoms. The van der Waals surface area contributed by atoms with E-state index in [1.165, 1.54) is 28.4 Å². The number of ether oxygens (including phenoxy) is 1. The van der Waals surface area contributed by atoms with Crippen LogP contribution in [0.5, 0.6) is 5.75 Å². The molecule has 0 radical (unpaired) electrons. The van der Waals surface area contributed by atoms with Crippen LogP contribution in [0.4, 0.5) is 13.2 Å². The van der Waals surface area contributed by atoms with Gasteiger partial charge in [0.05, 0.1) is 12.0 Å². The van der Waals surface area contributed by atoms with Gasteiger partial charge in [0.25, 0.3) is 5.78 Å². The summed E-state index contributed by atoms with van der Waals surface area (Å²) in [5, 5.41) is 4.81. The number of aryl methyl sites for hydroxylation is 2. The number of aromatic nitrogens is 4. The van der Waals surface area contributed by atoms with Crippen LogP contribution in [0.15, 0.2) is 29.4 Å². The molecule has 10 heteroatoms. The molecular formula is C17H15F3N4O2S. The third-order valence-electron chi connectivity index (χ3n) is 3.95. The number of thioether (sulfide) groups is 1. The normalized spacial score (nSPS) is 11.8. The van der Waals surface area contributed by atoms with Crippen molar-refractivity contribution in [2.75, 3.05) is 6.26 Å². The molecule has 0 aliphatic heterocycles. The smallest absolute Gasteiger partial charge is 0.419 e. The van der Waals surface area contributed by atoms with E-state index < -0.39 is 23.5 Å². The topological polar surface area (TPSA) is 69.4 Å². The van der Waals surface area contributed by atoms with E-state index in [1.54, 1.807) is 13.8 Å². The highest BCUT2D eigenvalue weighted by atomic mass is 32.2. The lowest BCUT2D eigenvalue weighted by Crippen LogP contribution is -2.18. The van der Waals surface area contributed by atoms with Gasteiger partial charge in [-0.15, -0.1) is 5.10 Å². The first-order valence-electron chi connectivity index (χ1n) is 7.84. The van der Waals surface area contributed by atoms with Gasteiger partial charge in [-0.1, -0.05) is 23.9 Å². The summed E-state index contributed by atoms with van der Waals surface area (Å²) in [7, 11) is 0. The average molecular weight is 396 g/mol. The second-order valence-electron chi connectivity index (χ2n) is 5.72. The van der Waals surface area contributed by atoms with Crippen LogP contribution in [-0.2, 0) is 17.4 Å². The van der Waals surface area contributed by atoms with Crippen LogP contribution in [0.3, 0.4) is 0 Å². The molecule has 0 N–H and O–H groups in total. The first-order chi connectivity index (χ1) is 12.7. The van der Waals surface area contributed by atoms with E-state index in [1.807, 2.05) is 6.26 Å². The molecule has 2 aromatic heterocycles. The first kappa shape index (κ1) is 19.2. The summed E-state index contributed by atoms with van der Waals surface area (Å²) >= 11 is 1.35. The fourth-order valence-corrected chi connectivity index (χ4v) is 2.96. The number of alkyl halides is 3. The Balaban J connectivity index is 1.89. The van der Waals surface area contributed by atoms with Gasteiger partial charge in [-0.25, -0.2) is 9.50 Å². The van der Waals surface area contributed by atoms with Crippen molar-refractivity contribution in [3.05, 3.63) is 46.8 Å². The van der Waals surface area contributed by atoms with Crippen LogP contribution in [-0.4, -0.2) is 31.8 Å². The van der Waals surface area contributed by atoms with Crippen molar-refractivity contribution in [1.82, 2.24) is 19.6 Å². The van der Waals surface area contributed by atoms with E-state index in [9.17, 15) is 18.0 Å². The van der Waals surface area contributed by atoms with Gasteiger partial charge in [-0.2, -0.15) is 18.2 Å². The molecule has 1 aromatic carbocycles. The Labute approximate surface area is 156 Å². The van der Waals surface area contributed by atoms with Crippen molar-refractivity contribution in [2.24, 2.45) is 0 Å². The van der Waals surface area contributed by atoms with Crippen molar-refractivity contribution in [2.45, 2.75) is 31.6 Å². The number of carbonyl (C=O) groups is 1. The first-order valence-corrected chi connectivity index (χ1v) is 9.07. The van der Waals surface area contributed by atoms with Crippen LogP contribution in [0.1, 0.15) is 22.5 Å². The van der Waals surface area contributed by atoms with E-state index in [0.717, 1.165) is 12.1 Å². The molecule has 0 amide bonds. The summed E-state index contributed by atoms with van der Waals surface area (Å²) in [4.78, 5) is 20.8. The van der Waals surface area contributed by atoms with Crippen LogP contribution in [0.2, 0.25) is 0 Å². The maximum absolute atomic E-state index is 13.0. The van der Waals surface area contributed by atoms with E-state index in [4.69, 9.17) is 4.74 Å². The average Bonchev–Trinajstić information content (AvgIpc) is 3.01. The SMILES string of the molecule is CSc1nc2nc(C)c(CC(=O)Oc3ccccc3C(F)(F)F)c(C)n2n1. The lowest BCUT2D eigenvalue weighted by molar-refractivity contribution is -0.142. The minimum Gasteiger partial charge on any atom is -0.426 e. The summed E-state index contributed by atoms with van der Waals surface area (Å²) < 4.78 is 45.6. The maximum Gasteiger partial charge on any atom is 0.419 e. The Morgan fingerprint density at radius 2 is 1.93 bits per heavy atom. The molecule has 0 saturated carbocycles. The lowest BCUT2D eigenvalue weighted by atomic mass is 10.1. The number of benzene rings is 1. The van der Waals surface area contributed by atoms with Crippen molar-refractivity contribution < 1.29 is 22.7 Å². The highest BCUT2D eigenvalue weighted by Gasteiger charge is 2.34. The fourth-order valence-electron chi connectivity index (χ4n) is 2.63. The molecule has 0 bridgehead atoms. The van der Waals surface area contributed by atoms with E-state index in [-0.39, 0.29) is 6.42 Å². The van der Waals surface area contributed by atoms with E-state index >= 15 is 0 Å². The molecular weight excluding hydrogens is 381 g/mol. The van der Waals surface area contributed by atoms with Gasteiger partial charge in [0.1, 0.15) is 5.75 Å². The summed E-state index contributed by atoms with van der Waals surface area (Å²) in [6.45, 7) is 3.44. The predicted octanol–water partition coefficient (Wildman–Crippen LogP) is 3.63. The van der Waals surface area contributed by atoms with Crippen molar-refractivity contribution in [3.63, 3.8) is 0 Å². The number of rotatable bonds is 4. The molecule has 3 rings (SSSR count). The highest BCUT2D eigenvalue weighted by Crippen LogP contribution is 2.36. The van der Waals surface area contributed by atoms with Gasteiger partial charge in [0.15, 0.2) is 0 Å². The van der Waals surface area contributed by atoms with Crippen molar-refractivity contribution in [3.8, 4) is 5.75 Å². The quantitative estimate of drug-likeness (QED) is 0.381. The lowest BCUT2D eigenvalue weighted by Gasteiger charge is -2.13. The van der Waals surface area contributed by atoms with Crippen LogP contribution in [0, 0.1) is 13.8 Å². The van der Waals surface area contributed by atoms with Gasteiger partial charge in [-0.3, -0.25) is 4.79 Å². The predicted molar refractivity (Wildman–Crippen MR) is 92.8 cm³/mol. The Morgan fingerprint density at radius 1 is 1.22 bits per heavy atom. The third-order valence-corrected chi connectivity index (χ3v) is 4.49. The van der Waals surface area contributed by atoms with Gasteiger partial charge >= 0.3 is 12.1 Å². The van der Waals surface area contributed by atoms with Gasteiger partial charge < -0.3 is 4.74 Å². The zero-order valence-electron chi connectivity index (χ0n) is 14.7. The monoisotopic (exact) mass is 396 g/mol. The summed E-state index contributed by atoms with van der Waals surface area (Å²) in [6, 6.07) is 4.60. The second kappa shape index (κ2) is 7.18. The molecule has 142 valence electrons. The van der Waals surface area contributed by atoms with Gasteiger partial charge in [0, 0.05) is 17.0 Å². The molecule has 0 spiro atoms. The molecule has 0 fully saturated rings. The number of nitrogens with zero attached hydrogens (tertiary/aromatic N) is 4. The Morgan fingerprint density at radius 3 is 2.59 bits per heavy atom. The Hall–Kier alpha value is -2.62. The van der Waals surface area contributed by atoms with Crippen LogP contribution < -0.4 is 4.74 Å². The van der Waals surface area contributed by atoms with Gasteiger partial charge in [0.2, 0.25) is 5.16 Å². The number of hydrogen-bond donors (Lipinski definition) is 0. The minimum absolute atomic E-state index is 0.235. The number of esters is 1. The zero-order valence-corrected chi connectivity index (χ0v) is 15.5. The molecule has 0 aliphatic carbocycles. The van der Waals surface area contributed by atoms with Crippen molar-refractivity contribution in [1.29, 1.82) is 0 Å². The summed E-state index contributed by atoms with van der Waals surface area (Å²) in [5.74, 6) is -0.942. The number of hydrogen-bond acceptors (Lipinski definition) is 6. The molecule has 0 aliphatic rings. The summed E-state index contributed by atoms with van der Waals surface area (Å²) in [6.07, 6.45) is -3.02. The van der Waals surface area contributed by atoms with Crippen LogP contribution in [0.25, 0.3) is 5.78 Å². The van der Waals surface area contributed by atoms with E-state index in [2.05, 4.69) is 15.1 Å². The van der Waals surface area contributed by atoms with Gasteiger partial charge in [-0.05, 0) is 32.2 Å². The molecule has 2 heterocycles. The summed E-state index contributed by atoms with van der Waals surface area (Å²) in [5.41, 5.74) is 0.711. The minimum atomic E-state index is -4.61. The molecule has 0 atom stereocenters. The number of para-hydroxylation sites is 1. The van der Waals surface area contributed by atoms with Crippen LogP contribution >= 0.6 is 11.8 Å². The molecule has 3 aromatic rings. The fraction of sp³-hybridized carbons (Fsp3) is 0.294. The largest absolute Gasteiger partial charge is 0.426 e. The number of carbonyl (C=O) groups excluding carboxylic acids is 1. The standard InChI is InChI=1S/C17H15F3N4O2S/c1-9-11(10(2)24-15(21-9)22-16(23-24)27-3)8-14(25)26-13-7-5-4-6-12(13)17(18,19)20/h4-7H,8H2,1-3H3. The molecule has 6 nitrogen and oxygen atoms in total. The molecule has 0 unspecified atom stereocenters. The second-order valence-corrected chi connectivity index (χ2v) is 6.49.